The first-order chi connectivity index (χ1) is 12.1. The summed E-state index contributed by atoms with van der Waals surface area (Å²) in [4.78, 5) is 16.6. The quantitative estimate of drug-likeness (QED) is 0.737. The third-order valence-corrected chi connectivity index (χ3v) is 4.55. The van der Waals surface area contributed by atoms with Gasteiger partial charge in [0, 0.05) is 24.5 Å². The van der Waals surface area contributed by atoms with Crippen molar-refractivity contribution in [3.8, 4) is 0 Å². The molecule has 0 fully saturated rings. The van der Waals surface area contributed by atoms with Gasteiger partial charge in [0.2, 0.25) is 5.91 Å². The van der Waals surface area contributed by atoms with E-state index in [1.807, 2.05) is 18.3 Å². The number of carbonyl (C=O) groups excluding carboxylic acids is 1. The molecule has 0 aliphatic carbocycles. The summed E-state index contributed by atoms with van der Waals surface area (Å²) in [6.45, 7) is 4.83. The Labute approximate surface area is 149 Å². The molecule has 0 bridgehead atoms. The molecule has 3 nitrogen and oxygen atoms in total. The second-order valence-corrected chi connectivity index (χ2v) is 6.52. The highest BCUT2D eigenvalue weighted by molar-refractivity contribution is 5.81. The second-order valence-electron chi connectivity index (χ2n) is 6.52. The van der Waals surface area contributed by atoms with E-state index in [1.165, 1.54) is 22.3 Å². The SMILES string of the molecule is Cc1ccc(CCC(=O)NCCc2cccc3cccnc23)c(C)c1. The molecule has 0 aliphatic rings. The molecule has 0 saturated heterocycles. The molecule has 0 saturated carbocycles. The molecule has 0 aliphatic heterocycles. The van der Waals surface area contributed by atoms with Gasteiger partial charge in [-0.2, -0.15) is 0 Å². The molecule has 128 valence electrons. The van der Waals surface area contributed by atoms with Crippen LogP contribution < -0.4 is 5.32 Å². The normalized spacial score (nSPS) is 10.8. The average Bonchev–Trinajstić information content (AvgIpc) is 2.61. The number of hydrogen-bond donors (Lipinski definition) is 1. The van der Waals surface area contributed by atoms with Gasteiger partial charge in [0.1, 0.15) is 0 Å². The number of aryl methyl sites for hydroxylation is 3. The van der Waals surface area contributed by atoms with Gasteiger partial charge in [0.25, 0.3) is 0 Å². The van der Waals surface area contributed by atoms with Gasteiger partial charge in [-0.1, -0.05) is 48.0 Å². The lowest BCUT2D eigenvalue weighted by atomic mass is 10.0. The van der Waals surface area contributed by atoms with Gasteiger partial charge in [0.15, 0.2) is 0 Å². The fraction of sp³-hybridized carbons (Fsp3) is 0.273. The van der Waals surface area contributed by atoms with Crippen LogP contribution in [0.4, 0.5) is 0 Å². The molecular weight excluding hydrogens is 308 g/mol. The van der Waals surface area contributed by atoms with Crippen molar-refractivity contribution in [2.45, 2.75) is 33.1 Å². The number of amides is 1. The summed E-state index contributed by atoms with van der Waals surface area (Å²) in [6.07, 6.45) is 3.92. The van der Waals surface area contributed by atoms with E-state index in [-0.39, 0.29) is 5.91 Å². The Balaban J connectivity index is 1.51. The number of aromatic nitrogens is 1. The van der Waals surface area contributed by atoms with Crippen LogP contribution in [0.2, 0.25) is 0 Å². The molecule has 25 heavy (non-hydrogen) atoms. The fourth-order valence-electron chi connectivity index (χ4n) is 3.17. The molecule has 3 aromatic rings. The minimum absolute atomic E-state index is 0.105. The molecule has 1 amide bonds. The van der Waals surface area contributed by atoms with Crippen molar-refractivity contribution in [3.63, 3.8) is 0 Å². The van der Waals surface area contributed by atoms with Crippen LogP contribution in [-0.2, 0) is 17.6 Å². The van der Waals surface area contributed by atoms with E-state index >= 15 is 0 Å². The molecule has 0 atom stereocenters. The molecule has 1 heterocycles. The van der Waals surface area contributed by atoms with Crippen LogP contribution in [0.3, 0.4) is 0 Å². The molecule has 0 spiro atoms. The van der Waals surface area contributed by atoms with E-state index in [2.05, 4.69) is 60.5 Å². The Hall–Kier alpha value is -2.68. The maximum absolute atomic E-state index is 12.1. The van der Waals surface area contributed by atoms with E-state index < -0.39 is 0 Å². The largest absolute Gasteiger partial charge is 0.356 e. The summed E-state index contributed by atoms with van der Waals surface area (Å²) < 4.78 is 0. The van der Waals surface area contributed by atoms with E-state index in [9.17, 15) is 4.79 Å². The molecule has 0 unspecified atom stereocenters. The predicted molar refractivity (Wildman–Crippen MR) is 103 cm³/mol. The van der Waals surface area contributed by atoms with Crippen molar-refractivity contribution >= 4 is 16.8 Å². The second kappa shape index (κ2) is 7.93. The zero-order valence-electron chi connectivity index (χ0n) is 14.9. The molecular formula is C22H24N2O. The number of fused-ring (bicyclic) bond motifs is 1. The van der Waals surface area contributed by atoms with Crippen LogP contribution in [0.15, 0.2) is 54.7 Å². The van der Waals surface area contributed by atoms with E-state index in [0.717, 1.165) is 23.7 Å². The van der Waals surface area contributed by atoms with Crippen molar-refractivity contribution in [1.82, 2.24) is 10.3 Å². The Morgan fingerprint density at radius 3 is 2.68 bits per heavy atom. The highest BCUT2D eigenvalue weighted by atomic mass is 16.1. The van der Waals surface area contributed by atoms with Gasteiger partial charge >= 0.3 is 0 Å². The number of hydrogen-bond acceptors (Lipinski definition) is 2. The smallest absolute Gasteiger partial charge is 0.220 e. The minimum Gasteiger partial charge on any atom is -0.356 e. The Kier molecular flexibility index (Phi) is 5.44. The Morgan fingerprint density at radius 2 is 1.84 bits per heavy atom. The van der Waals surface area contributed by atoms with Gasteiger partial charge in [-0.15, -0.1) is 0 Å². The zero-order valence-corrected chi connectivity index (χ0v) is 14.9. The van der Waals surface area contributed by atoms with Gasteiger partial charge in [-0.3, -0.25) is 9.78 Å². The monoisotopic (exact) mass is 332 g/mol. The van der Waals surface area contributed by atoms with Crippen LogP contribution in [0.1, 0.15) is 28.7 Å². The number of para-hydroxylation sites is 1. The number of carbonyl (C=O) groups is 1. The van der Waals surface area contributed by atoms with E-state index in [0.29, 0.717) is 13.0 Å². The summed E-state index contributed by atoms with van der Waals surface area (Å²) in [5.41, 5.74) is 5.96. The number of nitrogens with zero attached hydrogens (tertiary/aromatic N) is 1. The van der Waals surface area contributed by atoms with Crippen molar-refractivity contribution < 1.29 is 4.79 Å². The van der Waals surface area contributed by atoms with E-state index in [1.54, 1.807) is 0 Å². The van der Waals surface area contributed by atoms with Crippen molar-refractivity contribution in [2.24, 2.45) is 0 Å². The summed E-state index contributed by atoms with van der Waals surface area (Å²) in [6, 6.07) is 16.6. The van der Waals surface area contributed by atoms with Crippen LogP contribution in [0.5, 0.6) is 0 Å². The lowest BCUT2D eigenvalue weighted by Crippen LogP contribution is -2.26. The molecule has 3 rings (SSSR count). The summed E-state index contributed by atoms with van der Waals surface area (Å²) in [7, 11) is 0. The highest BCUT2D eigenvalue weighted by Gasteiger charge is 2.06. The minimum atomic E-state index is 0.105. The maximum atomic E-state index is 12.1. The fourth-order valence-corrected chi connectivity index (χ4v) is 3.17. The third kappa shape index (κ3) is 4.44. The molecule has 2 aromatic carbocycles. The number of nitrogens with one attached hydrogen (secondary N) is 1. The van der Waals surface area contributed by atoms with Gasteiger partial charge in [-0.05, 0) is 49.4 Å². The van der Waals surface area contributed by atoms with Crippen LogP contribution in [-0.4, -0.2) is 17.4 Å². The molecule has 0 radical (unpaired) electrons. The van der Waals surface area contributed by atoms with Crippen LogP contribution in [0.25, 0.3) is 10.9 Å². The summed E-state index contributed by atoms with van der Waals surface area (Å²) in [5.74, 6) is 0.105. The number of pyridine rings is 1. The van der Waals surface area contributed by atoms with Crippen LogP contribution in [0, 0.1) is 13.8 Å². The molecule has 1 N–H and O–H groups in total. The van der Waals surface area contributed by atoms with Crippen molar-refractivity contribution in [2.75, 3.05) is 6.54 Å². The first-order valence-corrected chi connectivity index (χ1v) is 8.79. The predicted octanol–water partition coefficient (Wildman–Crippen LogP) is 4.14. The lowest BCUT2D eigenvalue weighted by molar-refractivity contribution is -0.121. The number of benzene rings is 2. The lowest BCUT2D eigenvalue weighted by Gasteiger charge is -2.09. The molecule has 1 aromatic heterocycles. The van der Waals surface area contributed by atoms with Gasteiger partial charge < -0.3 is 5.32 Å². The van der Waals surface area contributed by atoms with Gasteiger partial charge in [-0.25, -0.2) is 0 Å². The van der Waals surface area contributed by atoms with Gasteiger partial charge in [0.05, 0.1) is 5.52 Å². The third-order valence-electron chi connectivity index (χ3n) is 4.55. The van der Waals surface area contributed by atoms with Crippen LogP contribution >= 0.6 is 0 Å². The Bertz CT molecular complexity index is 881. The standard InChI is InChI=1S/C22H24N2O/c1-16-8-9-18(17(2)15-16)10-11-21(25)23-14-12-20-6-3-5-19-7-4-13-24-22(19)20/h3-9,13,15H,10-12,14H2,1-2H3,(H,23,25). The zero-order chi connectivity index (χ0) is 17.6. The van der Waals surface area contributed by atoms with Crippen molar-refractivity contribution in [1.29, 1.82) is 0 Å². The average molecular weight is 332 g/mol. The summed E-state index contributed by atoms with van der Waals surface area (Å²) in [5, 5.41) is 4.17. The van der Waals surface area contributed by atoms with E-state index in [4.69, 9.17) is 0 Å². The maximum Gasteiger partial charge on any atom is 0.220 e. The first kappa shape index (κ1) is 17.2. The molecule has 3 heteroatoms. The van der Waals surface area contributed by atoms with Crippen molar-refractivity contribution in [3.05, 3.63) is 77.0 Å². The topological polar surface area (TPSA) is 42.0 Å². The first-order valence-electron chi connectivity index (χ1n) is 8.79. The summed E-state index contributed by atoms with van der Waals surface area (Å²) >= 11 is 0. The number of rotatable bonds is 6. The highest BCUT2D eigenvalue weighted by Crippen LogP contribution is 2.16. The Morgan fingerprint density at radius 1 is 1.00 bits per heavy atom.